The van der Waals surface area contributed by atoms with Crippen LogP contribution >= 0.6 is 0 Å². The lowest BCUT2D eigenvalue weighted by Gasteiger charge is -2.30. The third kappa shape index (κ3) is 2.18. The highest BCUT2D eigenvalue weighted by molar-refractivity contribution is 5.51. The van der Waals surface area contributed by atoms with Gasteiger partial charge < -0.3 is 15.4 Å². The van der Waals surface area contributed by atoms with Crippen LogP contribution in [0.25, 0.3) is 0 Å². The molecule has 1 saturated heterocycles. The Hall–Kier alpha value is -1.13. The van der Waals surface area contributed by atoms with E-state index in [1.165, 1.54) is 5.56 Å². The molecule has 1 aromatic heterocycles. The first kappa shape index (κ1) is 11.4. The molecule has 0 bridgehead atoms. The Bertz CT molecular complexity index is 373. The van der Waals surface area contributed by atoms with Gasteiger partial charge in [0.2, 0.25) is 0 Å². The lowest BCUT2D eigenvalue weighted by atomic mass is 10.1. The van der Waals surface area contributed by atoms with E-state index in [9.17, 15) is 0 Å². The fourth-order valence-electron chi connectivity index (χ4n) is 2.13. The quantitative estimate of drug-likeness (QED) is 0.809. The van der Waals surface area contributed by atoms with Crippen LogP contribution in [0.5, 0.6) is 0 Å². The number of morpholine rings is 1. The largest absolute Gasteiger partial charge is 0.378 e. The summed E-state index contributed by atoms with van der Waals surface area (Å²) in [5.74, 6) is 1.04. The van der Waals surface area contributed by atoms with Gasteiger partial charge in [-0.15, -0.1) is 0 Å². The molecule has 1 aromatic rings. The monoisotopic (exact) mass is 221 g/mol. The average molecular weight is 221 g/mol. The number of hydrogen-bond acceptors (Lipinski definition) is 4. The molecule has 0 amide bonds. The van der Waals surface area contributed by atoms with Crippen LogP contribution in [0.15, 0.2) is 6.07 Å². The summed E-state index contributed by atoms with van der Waals surface area (Å²) < 4.78 is 5.35. The first-order valence-electron chi connectivity index (χ1n) is 5.72. The van der Waals surface area contributed by atoms with Gasteiger partial charge in [-0.05, 0) is 25.5 Å². The highest BCUT2D eigenvalue weighted by Crippen LogP contribution is 2.22. The summed E-state index contributed by atoms with van der Waals surface area (Å²) >= 11 is 0. The molecule has 0 unspecified atom stereocenters. The number of rotatable bonds is 2. The summed E-state index contributed by atoms with van der Waals surface area (Å²) in [5, 5.41) is 0. The molecule has 4 heteroatoms. The zero-order valence-corrected chi connectivity index (χ0v) is 9.99. The van der Waals surface area contributed by atoms with E-state index in [1.54, 1.807) is 0 Å². The molecular weight excluding hydrogens is 202 g/mol. The molecule has 2 heterocycles. The SMILES string of the molecule is Cc1cc(C)c(CN)c(N2CCOCC2)n1. The minimum atomic E-state index is 0.547. The first-order chi connectivity index (χ1) is 7.72. The number of ether oxygens (including phenoxy) is 1. The molecule has 0 aliphatic carbocycles. The summed E-state index contributed by atoms with van der Waals surface area (Å²) in [4.78, 5) is 6.89. The smallest absolute Gasteiger partial charge is 0.133 e. The van der Waals surface area contributed by atoms with Crippen molar-refractivity contribution in [3.8, 4) is 0 Å². The van der Waals surface area contributed by atoms with Crippen molar-refractivity contribution in [2.75, 3.05) is 31.2 Å². The molecule has 2 N–H and O–H groups in total. The topological polar surface area (TPSA) is 51.4 Å². The van der Waals surface area contributed by atoms with Gasteiger partial charge in [-0.25, -0.2) is 4.98 Å². The Labute approximate surface area is 96.4 Å². The van der Waals surface area contributed by atoms with E-state index in [2.05, 4.69) is 22.9 Å². The predicted octanol–water partition coefficient (Wildman–Crippen LogP) is 0.994. The maximum absolute atomic E-state index is 5.81. The van der Waals surface area contributed by atoms with E-state index in [4.69, 9.17) is 10.5 Å². The normalized spacial score (nSPS) is 16.6. The van der Waals surface area contributed by atoms with E-state index in [0.29, 0.717) is 6.54 Å². The molecule has 2 rings (SSSR count). The third-order valence-electron chi connectivity index (χ3n) is 2.97. The maximum atomic E-state index is 5.81. The lowest BCUT2D eigenvalue weighted by molar-refractivity contribution is 0.122. The van der Waals surface area contributed by atoms with E-state index in [-0.39, 0.29) is 0 Å². The summed E-state index contributed by atoms with van der Waals surface area (Å²) in [6.45, 7) is 8.03. The molecule has 0 spiro atoms. The van der Waals surface area contributed by atoms with Gasteiger partial charge in [-0.3, -0.25) is 0 Å². The minimum Gasteiger partial charge on any atom is -0.378 e. The van der Waals surface area contributed by atoms with Gasteiger partial charge >= 0.3 is 0 Å². The van der Waals surface area contributed by atoms with E-state index in [1.807, 2.05) is 6.92 Å². The van der Waals surface area contributed by atoms with Crippen molar-refractivity contribution in [3.63, 3.8) is 0 Å². The van der Waals surface area contributed by atoms with Crippen LogP contribution < -0.4 is 10.6 Å². The second-order valence-electron chi connectivity index (χ2n) is 4.19. The Morgan fingerprint density at radius 2 is 2.06 bits per heavy atom. The minimum absolute atomic E-state index is 0.547. The van der Waals surface area contributed by atoms with Gasteiger partial charge in [-0.2, -0.15) is 0 Å². The molecular formula is C12H19N3O. The third-order valence-corrected chi connectivity index (χ3v) is 2.97. The molecule has 0 radical (unpaired) electrons. The van der Waals surface area contributed by atoms with Crippen molar-refractivity contribution in [2.45, 2.75) is 20.4 Å². The second kappa shape index (κ2) is 4.80. The van der Waals surface area contributed by atoms with Crippen LogP contribution in [0, 0.1) is 13.8 Å². The molecule has 0 aromatic carbocycles. The zero-order chi connectivity index (χ0) is 11.5. The highest BCUT2D eigenvalue weighted by atomic mass is 16.5. The van der Waals surface area contributed by atoms with Gasteiger partial charge in [0, 0.05) is 30.9 Å². The van der Waals surface area contributed by atoms with E-state index < -0.39 is 0 Å². The van der Waals surface area contributed by atoms with Crippen molar-refractivity contribution in [1.82, 2.24) is 4.98 Å². The van der Waals surface area contributed by atoms with Gasteiger partial charge in [0.05, 0.1) is 13.2 Å². The molecule has 0 saturated carbocycles. The second-order valence-corrected chi connectivity index (χ2v) is 4.19. The predicted molar refractivity (Wildman–Crippen MR) is 64.6 cm³/mol. The van der Waals surface area contributed by atoms with Gasteiger partial charge in [0.25, 0.3) is 0 Å². The van der Waals surface area contributed by atoms with Crippen molar-refractivity contribution in [3.05, 3.63) is 22.9 Å². The zero-order valence-electron chi connectivity index (χ0n) is 9.99. The summed E-state index contributed by atoms with van der Waals surface area (Å²) in [6, 6.07) is 2.09. The molecule has 0 atom stereocenters. The summed E-state index contributed by atoms with van der Waals surface area (Å²) in [6.07, 6.45) is 0. The molecule has 16 heavy (non-hydrogen) atoms. The van der Waals surface area contributed by atoms with E-state index in [0.717, 1.165) is 43.4 Å². The van der Waals surface area contributed by atoms with Crippen molar-refractivity contribution < 1.29 is 4.74 Å². The summed E-state index contributed by atoms with van der Waals surface area (Å²) in [5.41, 5.74) is 9.25. The number of nitrogens with two attached hydrogens (primary N) is 1. The molecule has 1 aliphatic heterocycles. The molecule has 88 valence electrons. The van der Waals surface area contributed by atoms with Crippen LogP contribution in [0.4, 0.5) is 5.82 Å². The Balaban J connectivity index is 2.36. The standard InChI is InChI=1S/C12H19N3O/c1-9-7-10(2)14-12(11(9)8-13)15-3-5-16-6-4-15/h7H,3-6,8,13H2,1-2H3. The van der Waals surface area contributed by atoms with Crippen molar-refractivity contribution >= 4 is 5.82 Å². The maximum Gasteiger partial charge on any atom is 0.133 e. The average Bonchev–Trinajstić information content (AvgIpc) is 2.29. The molecule has 1 aliphatic rings. The number of aromatic nitrogens is 1. The van der Waals surface area contributed by atoms with Crippen LogP contribution in [0.1, 0.15) is 16.8 Å². The molecule has 4 nitrogen and oxygen atoms in total. The van der Waals surface area contributed by atoms with Gasteiger partial charge in [-0.1, -0.05) is 0 Å². The highest BCUT2D eigenvalue weighted by Gasteiger charge is 2.17. The van der Waals surface area contributed by atoms with E-state index >= 15 is 0 Å². The Kier molecular flexibility index (Phi) is 3.41. The fourth-order valence-corrected chi connectivity index (χ4v) is 2.13. The summed E-state index contributed by atoms with van der Waals surface area (Å²) in [7, 11) is 0. The van der Waals surface area contributed by atoms with Gasteiger partial charge in [0.1, 0.15) is 5.82 Å². The van der Waals surface area contributed by atoms with Crippen LogP contribution in [0.3, 0.4) is 0 Å². The lowest BCUT2D eigenvalue weighted by Crippen LogP contribution is -2.37. The van der Waals surface area contributed by atoms with Crippen LogP contribution in [-0.4, -0.2) is 31.3 Å². The Morgan fingerprint density at radius 3 is 2.69 bits per heavy atom. The first-order valence-corrected chi connectivity index (χ1v) is 5.72. The number of nitrogens with zero attached hydrogens (tertiary/aromatic N) is 2. The number of anilines is 1. The van der Waals surface area contributed by atoms with Crippen LogP contribution in [0.2, 0.25) is 0 Å². The fraction of sp³-hybridized carbons (Fsp3) is 0.583. The van der Waals surface area contributed by atoms with Gasteiger partial charge in [0.15, 0.2) is 0 Å². The Morgan fingerprint density at radius 1 is 1.38 bits per heavy atom. The number of hydrogen-bond donors (Lipinski definition) is 1. The molecule has 1 fully saturated rings. The number of aryl methyl sites for hydroxylation is 2. The number of pyridine rings is 1. The van der Waals surface area contributed by atoms with Crippen LogP contribution in [-0.2, 0) is 11.3 Å². The van der Waals surface area contributed by atoms with Crippen molar-refractivity contribution in [2.24, 2.45) is 5.73 Å². The van der Waals surface area contributed by atoms with Crippen molar-refractivity contribution in [1.29, 1.82) is 0 Å².